The van der Waals surface area contributed by atoms with Crippen LogP contribution in [0.1, 0.15) is 46.4 Å². The molecule has 0 aliphatic carbocycles. The van der Waals surface area contributed by atoms with Gasteiger partial charge in [-0.2, -0.15) is 0 Å². The standard InChI is InChI=1S/C15H22N2O5S/c1-6-20-9(2)21-12-11(10-7-23-8-16-10)17(13(12)18)14(19)22-15(3,4)5/h7-9,11-12H,6H2,1-5H3/t9?,11-,12+/m0/s1. The van der Waals surface area contributed by atoms with Crippen LogP contribution in [0, 0.1) is 0 Å². The van der Waals surface area contributed by atoms with Crippen molar-refractivity contribution in [2.75, 3.05) is 6.61 Å². The van der Waals surface area contributed by atoms with E-state index in [1.54, 1.807) is 38.6 Å². The molecule has 1 aromatic rings. The summed E-state index contributed by atoms with van der Waals surface area (Å²) in [5, 5.41) is 1.79. The van der Waals surface area contributed by atoms with Gasteiger partial charge in [0, 0.05) is 12.0 Å². The van der Waals surface area contributed by atoms with Gasteiger partial charge >= 0.3 is 6.09 Å². The summed E-state index contributed by atoms with van der Waals surface area (Å²) in [5.74, 6) is -0.441. The normalized spacial score (nSPS) is 22.7. The van der Waals surface area contributed by atoms with Gasteiger partial charge < -0.3 is 14.2 Å². The van der Waals surface area contributed by atoms with Crippen LogP contribution in [0.15, 0.2) is 10.9 Å². The molecule has 0 saturated carbocycles. The maximum absolute atomic E-state index is 12.4. The number of β-lactam (4-membered cyclic amide) rings is 1. The molecule has 2 rings (SSSR count). The topological polar surface area (TPSA) is 78.0 Å². The van der Waals surface area contributed by atoms with Gasteiger partial charge in [-0.05, 0) is 34.6 Å². The van der Waals surface area contributed by atoms with E-state index in [2.05, 4.69) is 4.98 Å². The third-order valence-electron chi connectivity index (χ3n) is 3.13. The molecule has 1 aliphatic heterocycles. The molecule has 1 aliphatic rings. The number of rotatable bonds is 5. The number of carbonyl (C=O) groups is 2. The second-order valence-electron chi connectivity index (χ2n) is 6.13. The van der Waals surface area contributed by atoms with E-state index >= 15 is 0 Å². The van der Waals surface area contributed by atoms with Gasteiger partial charge in [-0.25, -0.2) is 14.7 Å². The zero-order valence-corrected chi connectivity index (χ0v) is 14.8. The molecule has 1 aromatic heterocycles. The number of amides is 2. The Morgan fingerprint density at radius 1 is 1.48 bits per heavy atom. The third kappa shape index (κ3) is 4.07. The van der Waals surface area contributed by atoms with Crippen LogP contribution in [0.4, 0.5) is 4.79 Å². The first-order valence-corrected chi connectivity index (χ1v) is 8.40. The third-order valence-corrected chi connectivity index (χ3v) is 3.73. The molecule has 0 radical (unpaired) electrons. The zero-order valence-electron chi connectivity index (χ0n) is 13.9. The van der Waals surface area contributed by atoms with Crippen molar-refractivity contribution in [3.8, 4) is 0 Å². The van der Waals surface area contributed by atoms with E-state index < -0.39 is 36.0 Å². The minimum absolute atomic E-state index is 0.441. The Kier molecular flexibility index (Phi) is 5.38. The van der Waals surface area contributed by atoms with Gasteiger partial charge in [-0.3, -0.25) is 4.79 Å². The van der Waals surface area contributed by atoms with Gasteiger partial charge in [0.25, 0.3) is 5.91 Å². The maximum Gasteiger partial charge on any atom is 0.417 e. The predicted molar refractivity (Wildman–Crippen MR) is 83.9 cm³/mol. The summed E-state index contributed by atoms with van der Waals surface area (Å²) in [6.07, 6.45) is -2.04. The summed E-state index contributed by atoms with van der Waals surface area (Å²) in [7, 11) is 0. The van der Waals surface area contributed by atoms with Crippen molar-refractivity contribution in [3.63, 3.8) is 0 Å². The summed E-state index contributed by atoms with van der Waals surface area (Å²) in [4.78, 5) is 29.9. The first kappa shape index (κ1) is 17.8. The van der Waals surface area contributed by atoms with E-state index in [-0.39, 0.29) is 0 Å². The van der Waals surface area contributed by atoms with Crippen LogP contribution in [0.25, 0.3) is 0 Å². The monoisotopic (exact) mass is 342 g/mol. The lowest BCUT2D eigenvalue weighted by atomic mass is 9.96. The summed E-state index contributed by atoms with van der Waals surface area (Å²) in [6, 6.07) is -0.591. The molecular formula is C15H22N2O5S. The number of ether oxygens (including phenoxy) is 3. The molecule has 0 spiro atoms. The first-order valence-electron chi connectivity index (χ1n) is 7.45. The molecule has 2 amide bonds. The molecule has 0 N–H and O–H groups in total. The quantitative estimate of drug-likeness (QED) is 0.605. The highest BCUT2D eigenvalue weighted by molar-refractivity contribution is 7.07. The Hall–Kier alpha value is -1.51. The number of likely N-dealkylation sites (tertiary alicyclic amines) is 1. The van der Waals surface area contributed by atoms with Crippen LogP contribution in [0.5, 0.6) is 0 Å². The Morgan fingerprint density at radius 2 is 2.17 bits per heavy atom. The number of hydrogen-bond acceptors (Lipinski definition) is 7. The Bertz CT molecular complexity index is 555. The highest BCUT2D eigenvalue weighted by Gasteiger charge is 2.55. The van der Waals surface area contributed by atoms with Crippen molar-refractivity contribution in [2.45, 2.75) is 58.7 Å². The first-order chi connectivity index (χ1) is 10.7. The average molecular weight is 342 g/mol. The fourth-order valence-corrected chi connectivity index (χ4v) is 2.83. The zero-order chi connectivity index (χ0) is 17.2. The van der Waals surface area contributed by atoms with Crippen molar-refractivity contribution in [2.24, 2.45) is 0 Å². The molecule has 7 nitrogen and oxygen atoms in total. The van der Waals surface area contributed by atoms with Crippen LogP contribution >= 0.6 is 11.3 Å². The number of aromatic nitrogens is 1. The van der Waals surface area contributed by atoms with E-state index in [0.29, 0.717) is 12.3 Å². The minimum atomic E-state index is -0.800. The molecule has 1 saturated heterocycles. The molecule has 8 heteroatoms. The van der Waals surface area contributed by atoms with Gasteiger partial charge in [0.15, 0.2) is 12.4 Å². The highest BCUT2D eigenvalue weighted by atomic mass is 32.1. The van der Waals surface area contributed by atoms with E-state index in [1.807, 2.05) is 6.92 Å². The molecule has 0 bridgehead atoms. The average Bonchev–Trinajstić information content (AvgIpc) is 2.93. The number of hydrogen-bond donors (Lipinski definition) is 0. The highest BCUT2D eigenvalue weighted by Crippen LogP contribution is 2.38. The molecule has 1 fully saturated rings. The van der Waals surface area contributed by atoms with Gasteiger partial charge in [0.2, 0.25) is 0 Å². The van der Waals surface area contributed by atoms with Crippen molar-refractivity contribution >= 4 is 23.3 Å². The summed E-state index contributed by atoms with van der Waals surface area (Å²) in [5.41, 5.74) is 1.57. The molecule has 2 heterocycles. The van der Waals surface area contributed by atoms with Crippen LogP contribution < -0.4 is 0 Å². The SMILES string of the molecule is CCOC(C)O[C@H]1C(=O)N(C(=O)OC(C)(C)C)[C@H]1c1cscn1. The molecule has 23 heavy (non-hydrogen) atoms. The molecule has 1 unspecified atom stereocenters. The van der Waals surface area contributed by atoms with Crippen molar-refractivity contribution in [3.05, 3.63) is 16.6 Å². The van der Waals surface area contributed by atoms with E-state index in [9.17, 15) is 9.59 Å². The van der Waals surface area contributed by atoms with Gasteiger partial charge in [0.05, 0.1) is 11.2 Å². The molecule has 0 aromatic carbocycles. The summed E-state index contributed by atoms with van der Waals surface area (Å²) < 4.78 is 16.2. The van der Waals surface area contributed by atoms with Gasteiger partial charge in [0.1, 0.15) is 11.6 Å². The fraction of sp³-hybridized carbons (Fsp3) is 0.667. The fourth-order valence-electron chi connectivity index (χ4n) is 2.25. The smallest absolute Gasteiger partial charge is 0.417 e. The number of imide groups is 1. The lowest BCUT2D eigenvalue weighted by molar-refractivity contribution is -0.212. The van der Waals surface area contributed by atoms with Crippen LogP contribution in [-0.4, -0.2) is 46.5 Å². The largest absolute Gasteiger partial charge is 0.443 e. The molecule has 3 atom stereocenters. The summed E-state index contributed by atoms with van der Waals surface area (Å²) in [6.45, 7) is 9.27. The Morgan fingerprint density at radius 3 is 2.70 bits per heavy atom. The second-order valence-corrected chi connectivity index (χ2v) is 6.85. The number of thiazole rings is 1. The van der Waals surface area contributed by atoms with E-state index in [4.69, 9.17) is 14.2 Å². The van der Waals surface area contributed by atoms with Crippen molar-refractivity contribution < 1.29 is 23.8 Å². The Labute approximate surface area is 139 Å². The predicted octanol–water partition coefficient (Wildman–Crippen LogP) is 2.73. The number of nitrogens with zero attached hydrogens (tertiary/aromatic N) is 2. The van der Waals surface area contributed by atoms with Crippen LogP contribution in [0.2, 0.25) is 0 Å². The number of carbonyl (C=O) groups excluding carboxylic acids is 2. The van der Waals surface area contributed by atoms with Gasteiger partial charge in [-0.15, -0.1) is 11.3 Å². The lowest BCUT2D eigenvalue weighted by Gasteiger charge is -2.44. The molecular weight excluding hydrogens is 320 g/mol. The maximum atomic E-state index is 12.4. The molecule has 128 valence electrons. The van der Waals surface area contributed by atoms with E-state index in [1.165, 1.54) is 11.3 Å². The van der Waals surface area contributed by atoms with E-state index in [0.717, 1.165) is 4.90 Å². The Balaban J connectivity index is 2.16. The minimum Gasteiger partial charge on any atom is -0.443 e. The van der Waals surface area contributed by atoms with Crippen molar-refractivity contribution in [1.82, 2.24) is 9.88 Å². The van der Waals surface area contributed by atoms with Crippen LogP contribution in [0.3, 0.4) is 0 Å². The summed E-state index contributed by atoms with van der Waals surface area (Å²) >= 11 is 1.39. The lowest BCUT2D eigenvalue weighted by Crippen LogP contribution is -2.63. The van der Waals surface area contributed by atoms with Crippen molar-refractivity contribution in [1.29, 1.82) is 0 Å². The van der Waals surface area contributed by atoms with Gasteiger partial charge in [-0.1, -0.05) is 0 Å². The second kappa shape index (κ2) is 6.94. The van der Waals surface area contributed by atoms with Crippen LogP contribution in [-0.2, 0) is 19.0 Å².